The Morgan fingerprint density at radius 1 is 0.979 bits per heavy atom. The predicted molar refractivity (Wildman–Crippen MR) is 177 cm³/mol. The summed E-state index contributed by atoms with van der Waals surface area (Å²) in [6.07, 6.45) is 1.11. The Kier molecular flexibility index (Phi) is 9.25. The summed E-state index contributed by atoms with van der Waals surface area (Å²) >= 11 is 6.63. The number of morpholine rings is 1. The van der Waals surface area contributed by atoms with Crippen LogP contribution in [0.5, 0.6) is 11.5 Å². The molecule has 3 aromatic carbocycles. The van der Waals surface area contributed by atoms with Crippen LogP contribution in [0.15, 0.2) is 65.6 Å². The standard InChI is InChI=1S/C34H39ClN4O7S/c1-36(2)32(40)30-6-5-15-38(30)34(27-13-7-23(20-31(27)45-4)22-37-16-18-46-19-17-37)28-21-24(35)8-14-29(28)39(33(34)41)47(42,43)26-11-9-25(44-3)10-12-26/h7-14,20-21,30H,5-6,15-19,22H2,1-4H3/t30-,34?/m0/s1. The van der Waals surface area contributed by atoms with Crippen LogP contribution in [0.2, 0.25) is 5.02 Å². The number of benzene rings is 3. The molecule has 2 amide bonds. The van der Waals surface area contributed by atoms with E-state index in [0.29, 0.717) is 66.8 Å². The highest BCUT2D eigenvalue weighted by Crippen LogP contribution is 2.55. The first-order chi connectivity index (χ1) is 22.5. The van der Waals surface area contributed by atoms with Crippen LogP contribution < -0.4 is 13.8 Å². The van der Waals surface area contributed by atoms with E-state index in [0.717, 1.165) is 23.0 Å². The summed E-state index contributed by atoms with van der Waals surface area (Å²) in [5.74, 6) is -0.0372. The molecular weight excluding hydrogens is 644 g/mol. The molecular formula is C34H39ClN4O7S. The number of carbonyl (C=O) groups excluding carboxylic acids is 2. The Bertz CT molecular complexity index is 1780. The molecule has 2 fully saturated rings. The summed E-state index contributed by atoms with van der Waals surface area (Å²) in [4.78, 5) is 34.6. The number of rotatable bonds is 9. The highest BCUT2D eigenvalue weighted by molar-refractivity contribution is 7.93. The molecule has 0 spiro atoms. The fourth-order valence-electron chi connectivity index (χ4n) is 7.00. The quantitative estimate of drug-likeness (QED) is 0.334. The topological polar surface area (TPSA) is 109 Å². The number of halogens is 1. The van der Waals surface area contributed by atoms with Crippen molar-refractivity contribution >= 4 is 39.1 Å². The second-order valence-electron chi connectivity index (χ2n) is 12.1. The number of amides is 2. The summed E-state index contributed by atoms with van der Waals surface area (Å²) in [7, 11) is 1.92. The lowest BCUT2D eigenvalue weighted by molar-refractivity contribution is -0.138. The van der Waals surface area contributed by atoms with Gasteiger partial charge in [0.2, 0.25) is 5.91 Å². The lowest BCUT2D eigenvalue weighted by Gasteiger charge is -2.42. The van der Waals surface area contributed by atoms with Crippen LogP contribution in [0, 0.1) is 0 Å². The second kappa shape index (κ2) is 13.1. The molecule has 47 heavy (non-hydrogen) atoms. The fraction of sp³-hybridized carbons (Fsp3) is 0.412. The molecule has 3 aliphatic heterocycles. The summed E-state index contributed by atoms with van der Waals surface area (Å²) in [5.41, 5.74) is 0.173. The minimum Gasteiger partial charge on any atom is -0.497 e. The van der Waals surface area contributed by atoms with Crippen molar-refractivity contribution in [1.29, 1.82) is 0 Å². The van der Waals surface area contributed by atoms with Gasteiger partial charge in [-0.25, -0.2) is 12.7 Å². The SMILES string of the molecule is COc1ccc(S(=O)(=O)N2C(=O)C(c3ccc(CN4CCOCC4)cc3OC)(N3CCC[C@H]3C(=O)N(C)C)c3cc(Cl)ccc32)cc1. The number of anilines is 1. The number of hydrogen-bond donors (Lipinski definition) is 0. The third kappa shape index (κ3) is 5.65. The molecule has 0 radical (unpaired) electrons. The largest absolute Gasteiger partial charge is 0.497 e. The number of ether oxygens (including phenoxy) is 3. The molecule has 2 atom stereocenters. The molecule has 0 saturated carbocycles. The van der Waals surface area contributed by atoms with E-state index in [9.17, 15) is 13.2 Å². The fourth-order valence-corrected chi connectivity index (χ4v) is 8.64. The average molecular weight is 683 g/mol. The molecule has 0 aromatic heterocycles. The van der Waals surface area contributed by atoms with E-state index in [4.69, 9.17) is 25.8 Å². The third-order valence-corrected chi connectivity index (χ3v) is 11.2. The number of fused-ring (bicyclic) bond motifs is 1. The first kappa shape index (κ1) is 33.2. The van der Waals surface area contributed by atoms with E-state index >= 15 is 4.79 Å². The summed E-state index contributed by atoms with van der Waals surface area (Å²) in [5, 5.41) is 0.321. The number of sulfonamides is 1. The molecule has 0 bridgehead atoms. The van der Waals surface area contributed by atoms with Gasteiger partial charge in [-0.05, 0) is 66.9 Å². The average Bonchev–Trinajstić information content (AvgIpc) is 3.66. The zero-order valence-corrected chi connectivity index (χ0v) is 28.5. The molecule has 250 valence electrons. The number of carbonyl (C=O) groups is 2. The molecule has 3 aliphatic rings. The van der Waals surface area contributed by atoms with Crippen LogP contribution in [0.3, 0.4) is 0 Å². The zero-order valence-electron chi connectivity index (χ0n) is 26.9. The molecule has 13 heteroatoms. The van der Waals surface area contributed by atoms with Crippen LogP contribution >= 0.6 is 11.6 Å². The maximum atomic E-state index is 15.4. The smallest absolute Gasteiger partial charge is 0.271 e. The van der Waals surface area contributed by atoms with E-state index < -0.39 is 27.5 Å². The summed E-state index contributed by atoms with van der Waals surface area (Å²) in [6.45, 7) is 3.89. The van der Waals surface area contributed by atoms with E-state index in [2.05, 4.69) is 4.90 Å². The highest BCUT2D eigenvalue weighted by Gasteiger charge is 2.63. The van der Waals surface area contributed by atoms with Gasteiger partial charge in [-0.15, -0.1) is 0 Å². The van der Waals surface area contributed by atoms with E-state index in [1.165, 1.54) is 43.4 Å². The van der Waals surface area contributed by atoms with Crippen LogP contribution in [-0.2, 0) is 36.4 Å². The van der Waals surface area contributed by atoms with Gasteiger partial charge in [-0.1, -0.05) is 23.7 Å². The lowest BCUT2D eigenvalue weighted by Crippen LogP contribution is -2.59. The van der Waals surface area contributed by atoms with E-state index in [-0.39, 0.29) is 16.5 Å². The Balaban J connectivity index is 1.59. The van der Waals surface area contributed by atoms with E-state index in [1.54, 1.807) is 32.3 Å². The number of hydrogen-bond acceptors (Lipinski definition) is 9. The van der Waals surface area contributed by atoms with Crippen molar-refractivity contribution in [1.82, 2.24) is 14.7 Å². The van der Waals surface area contributed by atoms with Gasteiger partial charge in [-0.3, -0.25) is 19.4 Å². The molecule has 0 aliphatic carbocycles. The van der Waals surface area contributed by atoms with Crippen molar-refractivity contribution in [2.24, 2.45) is 0 Å². The highest BCUT2D eigenvalue weighted by atomic mass is 35.5. The van der Waals surface area contributed by atoms with Crippen molar-refractivity contribution in [2.75, 3.05) is 65.5 Å². The minimum absolute atomic E-state index is 0.0847. The number of likely N-dealkylation sites (tertiary alicyclic amines) is 1. The van der Waals surface area contributed by atoms with Crippen LogP contribution in [-0.4, -0.2) is 102 Å². The van der Waals surface area contributed by atoms with Gasteiger partial charge < -0.3 is 19.1 Å². The molecule has 11 nitrogen and oxygen atoms in total. The van der Waals surface area contributed by atoms with Crippen molar-refractivity contribution in [2.45, 2.75) is 35.9 Å². The van der Waals surface area contributed by atoms with Gasteiger partial charge in [0, 0.05) is 56.4 Å². The number of methoxy groups -OCH3 is 2. The van der Waals surface area contributed by atoms with Crippen molar-refractivity contribution in [3.63, 3.8) is 0 Å². The number of nitrogens with zero attached hydrogens (tertiary/aromatic N) is 4. The molecule has 2 saturated heterocycles. The van der Waals surface area contributed by atoms with Gasteiger partial charge in [0.1, 0.15) is 11.5 Å². The maximum Gasteiger partial charge on any atom is 0.271 e. The van der Waals surface area contributed by atoms with Crippen molar-refractivity contribution < 1.29 is 32.2 Å². The van der Waals surface area contributed by atoms with Gasteiger partial charge in [0.25, 0.3) is 15.9 Å². The lowest BCUT2D eigenvalue weighted by atomic mass is 9.80. The number of likely N-dealkylation sites (N-methyl/N-ethyl adjacent to an activating group) is 1. The normalized spacial score (nSPS) is 21.9. The zero-order chi connectivity index (χ0) is 33.5. The van der Waals surface area contributed by atoms with Gasteiger partial charge in [0.15, 0.2) is 5.54 Å². The monoisotopic (exact) mass is 682 g/mol. The Labute approximate surface area is 280 Å². The maximum absolute atomic E-state index is 15.4. The first-order valence-electron chi connectivity index (χ1n) is 15.5. The summed E-state index contributed by atoms with van der Waals surface area (Å²) < 4.78 is 46.6. The minimum atomic E-state index is -4.44. The Morgan fingerprint density at radius 2 is 1.70 bits per heavy atom. The molecule has 3 heterocycles. The van der Waals surface area contributed by atoms with Crippen LogP contribution in [0.25, 0.3) is 0 Å². The molecule has 0 N–H and O–H groups in total. The Hall–Kier alpha value is -3.68. The van der Waals surface area contributed by atoms with Crippen molar-refractivity contribution in [3.8, 4) is 11.5 Å². The van der Waals surface area contributed by atoms with Gasteiger partial charge in [0.05, 0.1) is 44.1 Å². The van der Waals surface area contributed by atoms with Crippen LogP contribution in [0.4, 0.5) is 5.69 Å². The predicted octanol–water partition coefficient (Wildman–Crippen LogP) is 3.72. The Morgan fingerprint density at radius 3 is 2.36 bits per heavy atom. The molecule has 1 unspecified atom stereocenters. The third-order valence-electron chi connectivity index (χ3n) is 9.23. The molecule has 3 aromatic rings. The first-order valence-corrected chi connectivity index (χ1v) is 17.3. The van der Waals surface area contributed by atoms with E-state index in [1.807, 2.05) is 23.1 Å². The van der Waals surface area contributed by atoms with Gasteiger partial charge in [-0.2, -0.15) is 0 Å². The summed E-state index contributed by atoms with van der Waals surface area (Å²) in [6, 6.07) is 15.6. The van der Waals surface area contributed by atoms with Crippen LogP contribution in [0.1, 0.15) is 29.5 Å². The van der Waals surface area contributed by atoms with Gasteiger partial charge >= 0.3 is 0 Å². The van der Waals surface area contributed by atoms with Crippen molar-refractivity contribution in [3.05, 3.63) is 82.4 Å². The second-order valence-corrected chi connectivity index (χ2v) is 14.4. The molecule has 6 rings (SSSR count).